The molecule has 0 bridgehead atoms. The molecule has 8 heteroatoms. The largest absolute Gasteiger partial charge is 0.362 e. The van der Waals surface area contributed by atoms with Gasteiger partial charge < -0.3 is 5.32 Å². The van der Waals surface area contributed by atoms with Crippen LogP contribution in [0.5, 0.6) is 0 Å². The van der Waals surface area contributed by atoms with Crippen LogP contribution in [0, 0.1) is 17.0 Å². The molecule has 2 aromatic rings. The molecule has 2 heterocycles. The number of anilines is 1. The van der Waals surface area contributed by atoms with E-state index in [1.165, 1.54) is 17.5 Å². The second kappa shape index (κ2) is 6.07. The molecule has 0 saturated heterocycles. The maximum atomic E-state index is 10.8. The summed E-state index contributed by atoms with van der Waals surface area (Å²) in [4.78, 5) is 15.6. The minimum atomic E-state index is -0.445. The van der Waals surface area contributed by atoms with Gasteiger partial charge >= 0.3 is 0 Å². The van der Waals surface area contributed by atoms with E-state index >= 15 is 0 Å². The topological polar surface area (TPSA) is 68.1 Å². The smallest absolute Gasteiger partial charge is 0.291 e. The SMILES string of the molecule is Cc1c([N+](=O)[O-])cnc(NC(C)c2ccc(Cl)s2)c1Br. The summed E-state index contributed by atoms with van der Waals surface area (Å²) in [5, 5.41) is 14.1. The highest BCUT2D eigenvalue weighted by atomic mass is 79.9. The van der Waals surface area contributed by atoms with Crippen LogP contribution in [0.15, 0.2) is 22.8 Å². The first-order valence-corrected chi connectivity index (χ1v) is 7.70. The lowest BCUT2D eigenvalue weighted by atomic mass is 10.2. The molecule has 1 atom stereocenters. The molecular formula is C12H11BrClN3O2S. The number of rotatable bonds is 4. The van der Waals surface area contributed by atoms with Crippen LogP contribution in [0.25, 0.3) is 0 Å². The van der Waals surface area contributed by atoms with Crippen LogP contribution in [-0.2, 0) is 0 Å². The number of nitro groups is 1. The summed E-state index contributed by atoms with van der Waals surface area (Å²) >= 11 is 10.7. The van der Waals surface area contributed by atoms with Gasteiger partial charge in [-0.3, -0.25) is 10.1 Å². The molecular weight excluding hydrogens is 366 g/mol. The van der Waals surface area contributed by atoms with E-state index in [1.807, 2.05) is 19.1 Å². The highest BCUT2D eigenvalue weighted by Gasteiger charge is 2.18. The molecule has 1 N–H and O–H groups in total. The van der Waals surface area contributed by atoms with Crippen LogP contribution in [0.2, 0.25) is 4.34 Å². The zero-order chi connectivity index (χ0) is 14.9. The fourth-order valence-corrected chi connectivity index (χ4v) is 3.17. The van der Waals surface area contributed by atoms with Crippen molar-refractivity contribution in [3.63, 3.8) is 0 Å². The Hall–Kier alpha value is -1.18. The van der Waals surface area contributed by atoms with E-state index in [1.54, 1.807) is 6.92 Å². The number of nitrogens with zero attached hydrogens (tertiary/aromatic N) is 2. The molecule has 0 radical (unpaired) electrons. The van der Waals surface area contributed by atoms with Crippen molar-refractivity contribution in [1.82, 2.24) is 4.98 Å². The maximum absolute atomic E-state index is 10.8. The Balaban J connectivity index is 2.26. The number of aromatic nitrogens is 1. The Morgan fingerprint density at radius 1 is 1.55 bits per heavy atom. The van der Waals surface area contributed by atoms with Crippen LogP contribution >= 0.6 is 38.9 Å². The van der Waals surface area contributed by atoms with Gasteiger partial charge in [0.15, 0.2) is 0 Å². The predicted molar refractivity (Wildman–Crippen MR) is 84.7 cm³/mol. The molecule has 106 valence electrons. The standard InChI is InChI=1S/C12H11BrClN3O2S/c1-6-8(17(18)19)5-15-12(11(6)13)16-7(2)9-3-4-10(14)20-9/h3-5,7H,1-2H3,(H,15,16). The summed E-state index contributed by atoms with van der Waals surface area (Å²) in [6.07, 6.45) is 1.26. The molecule has 5 nitrogen and oxygen atoms in total. The molecule has 0 fully saturated rings. The maximum Gasteiger partial charge on any atom is 0.291 e. The number of halogens is 2. The van der Waals surface area contributed by atoms with Gasteiger partial charge in [-0.05, 0) is 41.9 Å². The van der Waals surface area contributed by atoms with E-state index in [9.17, 15) is 10.1 Å². The molecule has 0 aromatic carbocycles. The molecule has 0 saturated carbocycles. The van der Waals surface area contributed by atoms with Gasteiger partial charge in [0.25, 0.3) is 5.69 Å². The summed E-state index contributed by atoms with van der Waals surface area (Å²) in [6, 6.07) is 3.79. The average Bonchev–Trinajstić information content (AvgIpc) is 2.81. The molecule has 0 aliphatic carbocycles. The quantitative estimate of drug-likeness (QED) is 0.605. The first-order valence-electron chi connectivity index (χ1n) is 5.71. The Morgan fingerprint density at radius 3 is 2.80 bits per heavy atom. The van der Waals surface area contributed by atoms with Crippen molar-refractivity contribution in [1.29, 1.82) is 0 Å². The Bertz CT molecular complexity index is 662. The van der Waals surface area contributed by atoms with E-state index in [-0.39, 0.29) is 11.7 Å². The lowest BCUT2D eigenvalue weighted by Gasteiger charge is -2.15. The number of hydrogen-bond acceptors (Lipinski definition) is 5. The van der Waals surface area contributed by atoms with Crippen molar-refractivity contribution < 1.29 is 4.92 Å². The van der Waals surface area contributed by atoms with Crippen LogP contribution in [0.3, 0.4) is 0 Å². The summed E-state index contributed by atoms with van der Waals surface area (Å²) in [6.45, 7) is 3.66. The summed E-state index contributed by atoms with van der Waals surface area (Å²) in [7, 11) is 0. The van der Waals surface area contributed by atoms with Crippen molar-refractivity contribution in [2.24, 2.45) is 0 Å². The third-order valence-electron chi connectivity index (χ3n) is 2.81. The molecule has 0 spiro atoms. The lowest BCUT2D eigenvalue weighted by Crippen LogP contribution is -2.08. The minimum absolute atomic E-state index is 0.00533. The van der Waals surface area contributed by atoms with Crippen molar-refractivity contribution in [2.75, 3.05) is 5.32 Å². The lowest BCUT2D eigenvalue weighted by molar-refractivity contribution is -0.385. The van der Waals surface area contributed by atoms with Crippen molar-refractivity contribution in [2.45, 2.75) is 19.9 Å². The van der Waals surface area contributed by atoms with Crippen molar-refractivity contribution in [3.8, 4) is 0 Å². The normalized spacial score (nSPS) is 12.2. The predicted octanol–water partition coefficient (Wildman–Crippen LogP) is 4.95. The van der Waals surface area contributed by atoms with E-state index in [0.29, 0.717) is 15.9 Å². The Labute approximate surface area is 133 Å². The van der Waals surface area contributed by atoms with E-state index in [4.69, 9.17) is 11.6 Å². The summed E-state index contributed by atoms with van der Waals surface area (Å²) < 4.78 is 1.32. The number of thiophene rings is 1. The van der Waals surface area contributed by atoms with Gasteiger partial charge in [0.1, 0.15) is 12.0 Å². The van der Waals surface area contributed by atoms with Crippen LogP contribution in [0.1, 0.15) is 23.4 Å². The third kappa shape index (κ3) is 3.11. The number of hydrogen-bond donors (Lipinski definition) is 1. The highest BCUT2D eigenvalue weighted by Crippen LogP contribution is 2.34. The zero-order valence-corrected chi connectivity index (χ0v) is 13.8. The summed E-state index contributed by atoms with van der Waals surface area (Å²) in [5.74, 6) is 0.574. The van der Waals surface area contributed by atoms with Gasteiger partial charge in [-0.25, -0.2) is 4.98 Å². The first-order chi connectivity index (χ1) is 9.40. The fourth-order valence-electron chi connectivity index (χ4n) is 1.69. The van der Waals surface area contributed by atoms with Crippen LogP contribution in [0.4, 0.5) is 11.5 Å². The third-order valence-corrected chi connectivity index (χ3v) is 5.19. The number of pyridine rings is 1. The number of nitrogens with one attached hydrogen (secondary N) is 1. The van der Waals surface area contributed by atoms with Gasteiger partial charge in [0, 0.05) is 10.4 Å². The zero-order valence-electron chi connectivity index (χ0n) is 10.7. The van der Waals surface area contributed by atoms with Crippen molar-refractivity contribution >= 4 is 50.4 Å². The van der Waals surface area contributed by atoms with Gasteiger partial charge in [0.2, 0.25) is 0 Å². The molecule has 0 aliphatic heterocycles. The summed E-state index contributed by atoms with van der Waals surface area (Å²) in [5.41, 5.74) is 0.540. The van der Waals surface area contributed by atoms with E-state index < -0.39 is 4.92 Å². The molecule has 2 rings (SSSR count). The monoisotopic (exact) mass is 375 g/mol. The first kappa shape index (κ1) is 15.2. The van der Waals surface area contributed by atoms with Gasteiger partial charge in [-0.1, -0.05) is 11.6 Å². The molecule has 20 heavy (non-hydrogen) atoms. The second-order valence-electron chi connectivity index (χ2n) is 4.20. The van der Waals surface area contributed by atoms with Gasteiger partial charge in [0.05, 0.1) is 19.8 Å². The van der Waals surface area contributed by atoms with E-state index in [0.717, 1.165) is 9.21 Å². The fraction of sp³-hybridized carbons (Fsp3) is 0.250. The van der Waals surface area contributed by atoms with Crippen LogP contribution < -0.4 is 5.32 Å². The van der Waals surface area contributed by atoms with Crippen molar-refractivity contribution in [3.05, 3.63) is 47.7 Å². The van der Waals surface area contributed by atoms with E-state index in [2.05, 4.69) is 26.2 Å². The Morgan fingerprint density at radius 2 is 2.25 bits per heavy atom. The van der Waals surface area contributed by atoms with Gasteiger partial charge in [-0.2, -0.15) is 0 Å². The van der Waals surface area contributed by atoms with Crippen LogP contribution in [-0.4, -0.2) is 9.91 Å². The van der Waals surface area contributed by atoms with Gasteiger partial charge in [-0.15, -0.1) is 11.3 Å². The average molecular weight is 377 g/mol. The Kier molecular flexibility index (Phi) is 4.62. The molecule has 0 amide bonds. The molecule has 1 unspecified atom stereocenters. The minimum Gasteiger partial charge on any atom is -0.362 e. The molecule has 2 aromatic heterocycles. The highest BCUT2D eigenvalue weighted by molar-refractivity contribution is 9.10. The second-order valence-corrected chi connectivity index (χ2v) is 6.74. The molecule has 0 aliphatic rings.